The van der Waals surface area contributed by atoms with Gasteiger partial charge in [0.15, 0.2) is 16.8 Å². The zero-order valence-corrected chi connectivity index (χ0v) is 15.3. The number of nitrogens with zero attached hydrogens (tertiary/aromatic N) is 1. The second-order valence-corrected chi connectivity index (χ2v) is 6.92. The minimum atomic E-state index is -1.06. The summed E-state index contributed by atoms with van der Waals surface area (Å²) in [6, 6.07) is 21.0. The molecule has 138 valence electrons. The first-order valence-electron chi connectivity index (χ1n) is 8.48. The number of aromatic nitrogens is 1. The Morgan fingerprint density at radius 1 is 0.821 bits per heavy atom. The summed E-state index contributed by atoms with van der Waals surface area (Å²) in [5, 5.41) is 4.83. The maximum absolute atomic E-state index is 13.3. The molecule has 28 heavy (non-hydrogen) atoms. The van der Waals surface area contributed by atoms with Gasteiger partial charge in [-0.05, 0) is 29.3 Å². The highest BCUT2D eigenvalue weighted by Crippen LogP contribution is 2.28. The van der Waals surface area contributed by atoms with E-state index in [2.05, 4.69) is 10.3 Å². The lowest BCUT2D eigenvalue weighted by Gasteiger charge is -2.03. The summed E-state index contributed by atoms with van der Waals surface area (Å²) < 4.78 is 26.3. The summed E-state index contributed by atoms with van der Waals surface area (Å²) in [5.74, 6) is -2.60. The van der Waals surface area contributed by atoms with E-state index in [4.69, 9.17) is 0 Å². The summed E-state index contributed by atoms with van der Waals surface area (Å²) in [4.78, 5) is 16.6. The molecule has 0 aliphatic heterocycles. The summed E-state index contributed by atoms with van der Waals surface area (Å²) >= 11 is 1.26. The van der Waals surface area contributed by atoms with Crippen LogP contribution in [0.2, 0.25) is 0 Å². The van der Waals surface area contributed by atoms with Gasteiger partial charge in [0.05, 0.1) is 5.69 Å². The molecule has 0 aliphatic carbocycles. The first-order chi connectivity index (χ1) is 13.6. The van der Waals surface area contributed by atoms with Crippen LogP contribution in [-0.4, -0.2) is 10.9 Å². The van der Waals surface area contributed by atoms with Crippen molar-refractivity contribution in [2.75, 3.05) is 5.32 Å². The number of carbonyl (C=O) groups excluding carboxylic acids is 1. The minimum Gasteiger partial charge on any atom is -0.298 e. The van der Waals surface area contributed by atoms with E-state index in [0.717, 1.165) is 34.5 Å². The normalized spacial score (nSPS) is 10.6. The molecule has 0 unspecified atom stereocenters. The van der Waals surface area contributed by atoms with E-state index in [-0.39, 0.29) is 5.56 Å². The van der Waals surface area contributed by atoms with Crippen molar-refractivity contribution in [3.05, 3.63) is 95.4 Å². The molecule has 4 aromatic rings. The molecular weight excluding hydrogens is 378 g/mol. The third-order valence-electron chi connectivity index (χ3n) is 4.19. The zero-order valence-electron chi connectivity index (χ0n) is 14.5. The highest BCUT2D eigenvalue weighted by molar-refractivity contribution is 7.14. The number of halogens is 2. The molecule has 0 radical (unpaired) electrons. The van der Waals surface area contributed by atoms with Crippen molar-refractivity contribution in [3.63, 3.8) is 0 Å². The molecule has 0 atom stereocenters. The van der Waals surface area contributed by atoms with E-state index >= 15 is 0 Å². The van der Waals surface area contributed by atoms with Crippen LogP contribution in [0.4, 0.5) is 13.9 Å². The lowest BCUT2D eigenvalue weighted by atomic mass is 10.0. The Morgan fingerprint density at radius 3 is 2.21 bits per heavy atom. The number of hydrogen-bond donors (Lipinski definition) is 1. The molecule has 0 saturated carbocycles. The number of carbonyl (C=O) groups is 1. The van der Waals surface area contributed by atoms with Gasteiger partial charge >= 0.3 is 0 Å². The molecule has 4 rings (SSSR count). The van der Waals surface area contributed by atoms with Crippen LogP contribution in [0.5, 0.6) is 0 Å². The first-order valence-corrected chi connectivity index (χ1v) is 9.36. The summed E-state index contributed by atoms with van der Waals surface area (Å²) in [7, 11) is 0. The maximum atomic E-state index is 13.3. The molecule has 1 heterocycles. The van der Waals surface area contributed by atoms with Gasteiger partial charge in [0.1, 0.15) is 0 Å². The van der Waals surface area contributed by atoms with Crippen molar-refractivity contribution in [1.29, 1.82) is 0 Å². The summed E-state index contributed by atoms with van der Waals surface area (Å²) in [6.45, 7) is 0. The fourth-order valence-corrected chi connectivity index (χ4v) is 3.45. The number of hydrogen-bond acceptors (Lipinski definition) is 3. The Kier molecular flexibility index (Phi) is 4.95. The third kappa shape index (κ3) is 3.82. The predicted octanol–water partition coefficient (Wildman–Crippen LogP) is 6.01. The molecule has 6 heteroatoms. The summed E-state index contributed by atoms with van der Waals surface area (Å²) in [5.41, 5.74) is 3.91. The number of amides is 1. The number of thiazole rings is 1. The van der Waals surface area contributed by atoms with Crippen LogP contribution in [0, 0.1) is 11.6 Å². The molecule has 3 aromatic carbocycles. The largest absolute Gasteiger partial charge is 0.298 e. The number of anilines is 1. The molecule has 3 nitrogen and oxygen atoms in total. The highest BCUT2D eigenvalue weighted by atomic mass is 32.1. The fraction of sp³-hybridized carbons (Fsp3) is 0. The van der Waals surface area contributed by atoms with Gasteiger partial charge in [0.2, 0.25) is 0 Å². The second-order valence-electron chi connectivity index (χ2n) is 6.06. The Morgan fingerprint density at radius 2 is 1.50 bits per heavy atom. The Balaban J connectivity index is 1.49. The number of benzene rings is 3. The predicted molar refractivity (Wildman–Crippen MR) is 107 cm³/mol. The van der Waals surface area contributed by atoms with Gasteiger partial charge in [-0.3, -0.25) is 10.1 Å². The minimum absolute atomic E-state index is 0.0304. The molecule has 0 bridgehead atoms. The van der Waals surface area contributed by atoms with Crippen LogP contribution in [0.1, 0.15) is 10.4 Å². The van der Waals surface area contributed by atoms with E-state index in [1.165, 1.54) is 17.4 Å². The maximum Gasteiger partial charge on any atom is 0.257 e. The van der Waals surface area contributed by atoms with Gasteiger partial charge in [-0.25, -0.2) is 13.8 Å². The van der Waals surface area contributed by atoms with Gasteiger partial charge in [-0.2, -0.15) is 0 Å². The van der Waals surface area contributed by atoms with Crippen LogP contribution in [0.25, 0.3) is 22.4 Å². The number of nitrogens with one attached hydrogen (secondary N) is 1. The van der Waals surface area contributed by atoms with Gasteiger partial charge in [0.25, 0.3) is 5.91 Å². The van der Waals surface area contributed by atoms with Crippen molar-refractivity contribution >= 4 is 22.4 Å². The van der Waals surface area contributed by atoms with Gasteiger partial charge in [-0.1, -0.05) is 54.6 Å². The van der Waals surface area contributed by atoms with Crippen LogP contribution in [-0.2, 0) is 0 Å². The average molecular weight is 392 g/mol. The van der Waals surface area contributed by atoms with Gasteiger partial charge < -0.3 is 0 Å². The smallest absolute Gasteiger partial charge is 0.257 e. The molecule has 0 saturated heterocycles. The van der Waals surface area contributed by atoms with Crippen molar-refractivity contribution in [2.24, 2.45) is 0 Å². The van der Waals surface area contributed by atoms with Crippen molar-refractivity contribution in [3.8, 4) is 22.4 Å². The van der Waals surface area contributed by atoms with Crippen molar-refractivity contribution in [2.45, 2.75) is 0 Å². The quantitative estimate of drug-likeness (QED) is 0.462. The highest BCUT2D eigenvalue weighted by Gasteiger charge is 2.12. The Bertz CT molecular complexity index is 1130. The Hall–Kier alpha value is -3.38. The summed E-state index contributed by atoms with van der Waals surface area (Å²) in [6.07, 6.45) is 0. The van der Waals surface area contributed by atoms with Crippen LogP contribution < -0.4 is 5.32 Å². The van der Waals surface area contributed by atoms with E-state index in [0.29, 0.717) is 5.13 Å². The molecule has 1 N–H and O–H groups in total. The van der Waals surface area contributed by atoms with Crippen LogP contribution in [0.3, 0.4) is 0 Å². The number of rotatable bonds is 4. The average Bonchev–Trinajstić information content (AvgIpc) is 3.19. The molecule has 0 fully saturated rings. The van der Waals surface area contributed by atoms with Gasteiger partial charge in [0, 0.05) is 16.5 Å². The Labute approximate surface area is 164 Å². The molecule has 0 aliphatic rings. The lowest BCUT2D eigenvalue weighted by molar-refractivity contribution is 0.102. The van der Waals surface area contributed by atoms with Crippen molar-refractivity contribution in [1.82, 2.24) is 4.98 Å². The van der Waals surface area contributed by atoms with E-state index in [9.17, 15) is 13.6 Å². The fourth-order valence-electron chi connectivity index (χ4n) is 2.73. The van der Waals surface area contributed by atoms with Crippen LogP contribution in [0.15, 0.2) is 78.2 Å². The van der Waals surface area contributed by atoms with Crippen molar-refractivity contribution < 1.29 is 13.6 Å². The van der Waals surface area contributed by atoms with Crippen LogP contribution >= 0.6 is 11.3 Å². The SMILES string of the molecule is O=C(Nc1nc(-c2ccc(-c3ccccc3)cc2)cs1)c1ccc(F)c(F)c1. The molecule has 1 aromatic heterocycles. The lowest BCUT2D eigenvalue weighted by Crippen LogP contribution is -2.12. The van der Waals surface area contributed by atoms with E-state index in [1.807, 2.05) is 60.0 Å². The zero-order chi connectivity index (χ0) is 19.5. The van der Waals surface area contributed by atoms with Gasteiger partial charge in [-0.15, -0.1) is 11.3 Å². The molecule has 1 amide bonds. The third-order valence-corrected chi connectivity index (χ3v) is 4.95. The topological polar surface area (TPSA) is 42.0 Å². The first kappa shape index (κ1) is 18.0. The standard InChI is InChI=1S/C22H14F2N2OS/c23-18-11-10-17(12-19(18)24)21(27)26-22-25-20(13-28-22)16-8-6-15(7-9-16)14-4-2-1-3-5-14/h1-13H,(H,25,26,27). The van der Waals surface area contributed by atoms with E-state index < -0.39 is 17.5 Å². The second kappa shape index (κ2) is 7.70. The molecular formula is C22H14F2N2OS. The molecule has 0 spiro atoms. The van der Waals surface area contributed by atoms with E-state index in [1.54, 1.807) is 0 Å². The monoisotopic (exact) mass is 392 g/mol.